The quantitative estimate of drug-likeness (QED) is 0.765. The molecule has 2 rings (SSSR count). The van der Waals surface area contributed by atoms with Crippen molar-refractivity contribution in [1.82, 2.24) is 19.5 Å². The lowest BCUT2D eigenvalue weighted by atomic mass is 10.4. The second-order valence-electron chi connectivity index (χ2n) is 3.43. The van der Waals surface area contributed by atoms with Gasteiger partial charge >= 0.3 is 0 Å². The molecule has 0 aliphatic carbocycles. The zero-order chi connectivity index (χ0) is 12.3. The smallest absolute Gasteiger partial charge is 0.155 e. The van der Waals surface area contributed by atoms with E-state index in [0.29, 0.717) is 18.1 Å². The van der Waals surface area contributed by atoms with Crippen molar-refractivity contribution in [3.8, 4) is 0 Å². The highest BCUT2D eigenvalue weighted by atomic mass is 32.1. The van der Waals surface area contributed by atoms with E-state index >= 15 is 0 Å². The van der Waals surface area contributed by atoms with E-state index in [2.05, 4.69) is 20.3 Å². The number of nitrogens with two attached hydrogens (primary N) is 1. The minimum absolute atomic E-state index is 0.223. The summed E-state index contributed by atoms with van der Waals surface area (Å²) in [7, 11) is 1.93. The summed E-state index contributed by atoms with van der Waals surface area (Å²) < 4.78 is 1.92. The molecule has 0 aromatic carbocycles. The van der Waals surface area contributed by atoms with Gasteiger partial charge in [-0.3, -0.25) is 0 Å². The van der Waals surface area contributed by atoms with Crippen LogP contribution in [0.2, 0.25) is 0 Å². The topological polar surface area (TPSA) is 81.7 Å². The van der Waals surface area contributed by atoms with Crippen LogP contribution in [0.4, 0.5) is 5.82 Å². The molecule has 0 saturated heterocycles. The molecule has 0 aliphatic heterocycles. The first-order chi connectivity index (χ1) is 8.18. The molecule has 0 amide bonds. The second-order valence-corrected chi connectivity index (χ2v) is 3.87. The maximum Gasteiger partial charge on any atom is 0.155 e. The molecule has 0 radical (unpaired) electrons. The van der Waals surface area contributed by atoms with E-state index in [1.807, 2.05) is 17.8 Å². The van der Waals surface area contributed by atoms with Crippen LogP contribution >= 0.6 is 12.2 Å². The molecule has 2 aromatic heterocycles. The number of nitrogens with zero attached hydrogens (tertiary/aromatic N) is 4. The first-order valence-electron chi connectivity index (χ1n) is 4.99. The van der Waals surface area contributed by atoms with Gasteiger partial charge < -0.3 is 15.6 Å². The molecular weight excluding hydrogens is 236 g/mol. The molecule has 3 N–H and O–H groups in total. The molecule has 0 saturated carbocycles. The van der Waals surface area contributed by atoms with Crippen molar-refractivity contribution in [2.75, 3.05) is 5.32 Å². The van der Waals surface area contributed by atoms with E-state index in [9.17, 15) is 0 Å². The molecule has 0 spiro atoms. The molecule has 7 heteroatoms. The largest absolute Gasteiger partial charge is 0.388 e. The summed E-state index contributed by atoms with van der Waals surface area (Å²) in [6.07, 6.45) is 6.76. The van der Waals surface area contributed by atoms with Crippen molar-refractivity contribution in [3.05, 3.63) is 36.3 Å². The predicted octanol–water partition coefficient (Wildman–Crippen LogP) is 0.456. The van der Waals surface area contributed by atoms with Crippen LogP contribution in [0.1, 0.15) is 11.5 Å². The molecule has 88 valence electrons. The molecule has 0 bridgehead atoms. The number of imidazole rings is 1. The summed E-state index contributed by atoms with van der Waals surface area (Å²) in [6.45, 7) is 0.539. The first kappa shape index (κ1) is 11.5. The molecule has 2 heterocycles. The van der Waals surface area contributed by atoms with Crippen LogP contribution in [0.5, 0.6) is 0 Å². The fourth-order valence-corrected chi connectivity index (χ4v) is 1.53. The molecule has 0 aliphatic rings. The average molecular weight is 248 g/mol. The standard InChI is InChI=1S/C10H12N6S/c1-16-5-4-12-7(16)6-15-10-8(9(11)17)13-2-3-14-10/h2-5H,6H2,1H3,(H2,11,17)(H,14,15). The van der Waals surface area contributed by atoms with Crippen molar-refractivity contribution in [2.24, 2.45) is 12.8 Å². The normalized spacial score (nSPS) is 10.2. The van der Waals surface area contributed by atoms with Gasteiger partial charge in [0.25, 0.3) is 0 Å². The lowest BCUT2D eigenvalue weighted by Gasteiger charge is -2.08. The van der Waals surface area contributed by atoms with E-state index < -0.39 is 0 Å². The van der Waals surface area contributed by atoms with Gasteiger partial charge in [0.2, 0.25) is 0 Å². The molecule has 0 atom stereocenters. The van der Waals surface area contributed by atoms with Gasteiger partial charge in [-0.25, -0.2) is 15.0 Å². The Labute approximate surface area is 104 Å². The van der Waals surface area contributed by atoms with Crippen molar-refractivity contribution in [2.45, 2.75) is 6.54 Å². The summed E-state index contributed by atoms with van der Waals surface area (Å²) >= 11 is 4.90. The molecule has 2 aromatic rings. The SMILES string of the molecule is Cn1ccnc1CNc1nccnc1C(N)=S. The van der Waals surface area contributed by atoms with E-state index in [-0.39, 0.29) is 4.99 Å². The third kappa shape index (κ3) is 2.56. The van der Waals surface area contributed by atoms with Gasteiger partial charge in [0.1, 0.15) is 16.5 Å². The lowest BCUT2D eigenvalue weighted by molar-refractivity contribution is 0.810. The third-order valence-electron chi connectivity index (χ3n) is 2.27. The number of thiocarbonyl (C=S) groups is 1. The van der Waals surface area contributed by atoms with Crippen LogP contribution in [0.25, 0.3) is 0 Å². The van der Waals surface area contributed by atoms with Gasteiger partial charge in [-0.2, -0.15) is 0 Å². The van der Waals surface area contributed by atoms with E-state index in [4.69, 9.17) is 18.0 Å². The first-order valence-corrected chi connectivity index (χ1v) is 5.40. The Hall–Kier alpha value is -2.02. The summed E-state index contributed by atoms with van der Waals surface area (Å²) in [4.78, 5) is 12.6. The minimum atomic E-state index is 0.223. The van der Waals surface area contributed by atoms with E-state index in [1.54, 1.807) is 18.6 Å². The second kappa shape index (κ2) is 4.88. The number of aryl methyl sites for hydroxylation is 1. The maximum atomic E-state index is 5.56. The monoisotopic (exact) mass is 248 g/mol. The highest BCUT2D eigenvalue weighted by Gasteiger charge is 2.08. The van der Waals surface area contributed by atoms with Crippen molar-refractivity contribution >= 4 is 23.0 Å². The third-order valence-corrected chi connectivity index (χ3v) is 2.46. The highest BCUT2D eigenvalue weighted by molar-refractivity contribution is 7.80. The van der Waals surface area contributed by atoms with Crippen LogP contribution in [0, 0.1) is 0 Å². The number of nitrogens with one attached hydrogen (secondary N) is 1. The maximum absolute atomic E-state index is 5.56. The highest BCUT2D eigenvalue weighted by Crippen LogP contribution is 2.09. The van der Waals surface area contributed by atoms with Crippen molar-refractivity contribution in [1.29, 1.82) is 0 Å². The number of hydrogen-bond acceptors (Lipinski definition) is 5. The van der Waals surface area contributed by atoms with Crippen LogP contribution in [-0.2, 0) is 13.6 Å². The molecule has 0 unspecified atom stereocenters. The number of hydrogen-bond donors (Lipinski definition) is 2. The van der Waals surface area contributed by atoms with Gasteiger partial charge in [-0.05, 0) is 0 Å². The zero-order valence-electron chi connectivity index (χ0n) is 9.29. The van der Waals surface area contributed by atoms with E-state index in [1.165, 1.54) is 0 Å². The Kier molecular flexibility index (Phi) is 3.29. The van der Waals surface area contributed by atoms with Crippen LogP contribution in [-0.4, -0.2) is 24.5 Å². The lowest BCUT2D eigenvalue weighted by Crippen LogP contribution is -2.17. The van der Waals surface area contributed by atoms with Gasteiger partial charge in [0.05, 0.1) is 6.54 Å². The zero-order valence-corrected chi connectivity index (χ0v) is 10.1. The van der Waals surface area contributed by atoms with Gasteiger partial charge in [-0.15, -0.1) is 0 Å². The molecular formula is C10H12N6S. The summed E-state index contributed by atoms with van der Waals surface area (Å²) in [5.41, 5.74) is 6.06. The average Bonchev–Trinajstić information content (AvgIpc) is 2.72. The van der Waals surface area contributed by atoms with Crippen LogP contribution < -0.4 is 11.1 Å². The predicted molar refractivity (Wildman–Crippen MR) is 68.5 cm³/mol. The number of rotatable bonds is 4. The van der Waals surface area contributed by atoms with Gasteiger partial charge in [0, 0.05) is 31.8 Å². The molecule has 17 heavy (non-hydrogen) atoms. The summed E-state index contributed by atoms with van der Waals surface area (Å²) in [6, 6.07) is 0. The summed E-state index contributed by atoms with van der Waals surface area (Å²) in [5.74, 6) is 1.47. The van der Waals surface area contributed by atoms with Crippen molar-refractivity contribution in [3.63, 3.8) is 0 Å². The Morgan fingerprint density at radius 2 is 2.12 bits per heavy atom. The van der Waals surface area contributed by atoms with E-state index in [0.717, 1.165) is 5.82 Å². The fourth-order valence-electron chi connectivity index (χ4n) is 1.38. The van der Waals surface area contributed by atoms with Crippen molar-refractivity contribution < 1.29 is 0 Å². The van der Waals surface area contributed by atoms with Crippen LogP contribution in [0.15, 0.2) is 24.8 Å². The molecule has 6 nitrogen and oxygen atoms in total. The Bertz CT molecular complexity index is 535. The Morgan fingerprint density at radius 1 is 1.35 bits per heavy atom. The fraction of sp³-hybridized carbons (Fsp3) is 0.200. The minimum Gasteiger partial charge on any atom is -0.388 e. The summed E-state index contributed by atoms with van der Waals surface area (Å²) in [5, 5.41) is 3.11. The van der Waals surface area contributed by atoms with Crippen LogP contribution in [0.3, 0.4) is 0 Å². The van der Waals surface area contributed by atoms with Gasteiger partial charge in [0.15, 0.2) is 5.82 Å². The molecule has 0 fully saturated rings. The Morgan fingerprint density at radius 3 is 2.76 bits per heavy atom. The Balaban J connectivity index is 2.14. The number of anilines is 1. The number of aromatic nitrogens is 4. The van der Waals surface area contributed by atoms with Gasteiger partial charge in [-0.1, -0.05) is 12.2 Å².